The Morgan fingerprint density at radius 3 is 2.58 bits per heavy atom. The van der Waals surface area contributed by atoms with Crippen molar-refractivity contribution in [1.29, 1.82) is 0 Å². The summed E-state index contributed by atoms with van der Waals surface area (Å²) in [7, 11) is 0. The molecule has 0 aromatic carbocycles. The van der Waals surface area contributed by atoms with Gasteiger partial charge in [-0.25, -0.2) is 9.59 Å². The summed E-state index contributed by atoms with van der Waals surface area (Å²) in [4.78, 5) is 27.0. The highest BCUT2D eigenvalue weighted by molar-refractivity contribution is 5.86. The van der Waals surface area contributed by atoms with E-state index in [9.17, 15) is 19.8 Å². The summed E-state index contributed by atoms with van der Waals surface area (Å²) in [6.07, 6.45) is 3.15. The van der Waals surface area contributed by atoms with Crippen LogP contribution in [0.15, 0.2) is 0 Å². The van der Waals surface area contributed by atoms with Gasteiger partial charge in [-0.3, -0.25) is 0 Å². The number of carboxylic acid groups (broad SMARTS) is 1. The molecule has 0 radical (unpaired) electrons. The van der Waals surface area contributed by atoms with E-state index < -0.39 is 17.6 Å². The number of carboxylic acids is 1. The lowest BCUT2D eigenvalue weighted by Crippen LogP contribution is -2.61. The van der Waals surface area contributed by atoms with Crippen LogP contribution in [-0.4, -0.2) is 63.3 Å². The lowest BCUT2D eigenvalue weighted by Gasteiger charge is -2.44. The van der Waals surface area contributed by atoms with E-state index in [1.807, 2.05) is 0 Å². The van der Waals surface area contributed by atoms with E-state index in [-0.39, 0.29) is 6.03 Å². The zero-order valence-electron chi connectivity index (χ0n) is 11.3. The van der Waals surface area contributed by atoms with E-state index in [0.717, 1.165) is 19.3 Å². The molecule has 108 valence electrons. The Balaban J connectivity index is 2.13. The fourth-order valence-corrected chi connectivity index (χ4v) is 2.95. The molecule has 2 aliphatic heterocycles. The molecule has 6 nitrogen and oxygen atoms in total. The first-order valence-electron chi connectivity index (χ1n) is 6.93. The van der Waals surface area contributed by atoms with Crippen LogP contribution in [-0.2, 0) is 4.79 Å². The van der Waals surface area contributed by atoms with Gasteiger partial charge < -0.3 is 20.0 Å². The Morgan fingerprint density at radius 2 is 1.95 bits per heavy atom. The smallest absolute Gasteiger partial charge is 0.329 e. The average molecular weight is 270 g/mol. The van der Waals surface area contributed by atoms with Crippen LogP contribution >= 0.6 is 0 Å². The number of nitrogens with zero attached hydrogens (tertiary/aromatic N) is 2. The van der Waals surface area contributed by atoms with Crippen LogP contribution in [0.25, 0.3) is 0 Å². The van der Waals surface area contributed by atoms with Gasteiger partial charge in [-0.1, -0.05) is 0 Å². The maximum absolute atomic E-state index is 12.5. The molecule has 19 heavy (non-hydrogen) atoms. The molecule has 0 aromatic heterocycles. The number of rotatable bonds is 1. The molecule has 2 unspecified atom stereocenters. The Bertz CT molecular complexity index is 374. The van der Waals surface area contributed by atoms with Crippen molar-refractivity contribution in [3.05, 3.63) is 0 Å². The average Bonchev–Trinajstić information content (AvgIpc) is 2.38. The van der Waals surface area contributed by atoms with Crippen molar-refractivity contribution in [3.8, 4) is 0 Å². The Kier molecular flexibility index (Phi) is 3.99. The molecular weight excluding hydrogens is 248 g/mol. The third kappa shape index (κ3) is 2.68. The molecule has 2 N–H and O–H groups in total. The van der Waals surface area contributed by atoms with Crippen LogP contribution in [0.3, 0.4) is 0 Å². The number of amides is 2. The first kappa shape index (κ1) is 14.1. The van der Waals surface area contributed by atoms with Gasteiger partial charge in [0.1, 0.15) is 5.54 Å². The summed E-state index contributed by atoms with van der Waals surface area (Å²) < 4.78 is 0. The molecule has 0 bridgehead atoms. The van der Waals surface area contributed by atoms with Gasteiger partial charge in [0.05, 0.1) is 6.10 Å². The van der Waals surface area contributed by atoms with E-state index in [1.54, 1.807) is 11.8 Å². The van der Waals surface area contributed by atoms with Crippen molar-refractivity contribution in [2.24, 2.45) is 0 Å². The first-order valence-corrected chi connectivity index (χ1v) is 6.93. The van der Waals surface area contributed by atoms with Gasteiger partial charge in [0.15, 0.2) is 0 Å². The minimum Gasteiger partial charge on any atom is -0.480 e. The summed E-state index contributed by atoms with van der Waals surface area (Å²) >= 11 is 0. The minimum absolute atomic E-state index is 0.247. The molecule has 2 saturated heterocycles. The van der Waals surface area contributed by atoms with Gasteiger partial charge in [-0.15, -0.1) is 0 Å². The number of piperidine rings is 2. The fourth-order valence-electron chi connectivity index (χ4n) is 2.95. The molecule has 6 heteroatoms. The minimum atomic E-state index is -1.11. The number of urea groups is 1. The maximum atomic E-state index is 12.5. The molecule has 2 amide bonds. The van der Waals surface area contributed by atoms with E-state index in [2.05, 4.69) is 0 Å². The van der Waals surface area contributed by atoms with Gasteiger partial charge in [-0.2, -0.15) is 0 Å². The summed E-state index contributed by atoms with van der Waals surface area (Å²) in [5.41, 5.74) is -1.11. The predicted octanol–water partition coefficient (Wildman–Crippen LogP) is 0.892. The predicted molar refractivity (Wildman–Crippen MR) is 68.8 cm³/mol. The number of aliphatic carboxylic acids is 1. The molecule has 0 aromatic rings. The summed E-state index contributed by atoms with van der Waals surface area (Å²) in [5.74, 6) is -0.946. The number of carbonyl (C=O) groups excluding carboxylic acids is 1. The van der Waals surface area contributed by atoms with E-state index in [0.29, 0.717) is 32.5 Å². The van der Waals surface area contributed by atoms with Crippen LogP contribution in [0.4, 0.5) is 4.79 Å². The second kappa shape index (κ2) is 5.36. The normalized spacial score (nSPS) is 32.2. The van der Waals surface area contributed by atoms with E-state index >= 15 is 0 Å². The Hall–Kier alpha value is -1.30. The number of hydrogen-bond acceptors (Lipinski definition) is 3. The monoisotopic (exact) mass is 270 g/mol. The van der Waals surface area contributed by atoms with E-state index in [1.165, 1.54) is 4.90 Å². The van der Waals surface area contributed by atoms with Gasteiger partial charge >= 0.3 is 12.0 Å². The molecule has 0 spiro atoms. The van der Waals surface area contributed by atoms with Crippen molar-refractivity contribution in [1.82, 2.24) is 9.80 Å². The topological polar surface area (TPSA) is 81.1 Å². The second-order valence-electron chi connectivity index (χ2n) is 5.71. The Morgan fingerprint density at radius 1 is 1.21 bits per heavy atom. The lowest BCUT2D eigenvalue weighted by atomic mass is 9.88. The van der Waals surface area contributed by atoms with Gasteiger partial charge in [0.2, 0.25) is 0 Å². The fraction of sp³-hybridized carbons (Fsp3) is 0.846. The summed E-state index contributed by atoms with van der Waals surface area (Å²) in [5, 5.41) is 19.0. The van der Waals surface area contributed by atoms with Crippen molar-refractivity contribution >= 4 is 12.0 Å². The first-order chi connectivity index (χ1) is 8.95. The highest BCUT2D eigenvalue weighted by Crippen LogP contribution is 2.30. The van der Waals surface area contributed by atoms with Crippen molar-refractivity contribution in [3.63, 3.8) is 0 Å². The Labute approximate surface area is 113 Å². The third-order valence-corrected chi connectivity index (χ3v) is 4.25. The quantitative estimate of drug-likeness (QED) is 0.741. The standard InChI is InChI=1S/C13H22N2O4/c1-13(11(17)18)6-2-3-8-15(13)12(19)14-7-4-5-10(16)9-14/h10,16H,2-9H2,1H3,(H,17,18). The number of carbonyl (C=O) groups is 2. The van der Waals surface area contributed by atoms with E-state index in [4.69, 9.17) is 0 Å². The SMILES string of the molecule is CC1(C(=O)O)CCCCN1C(=O)N1CCCC(O)C1. The number of aliphatic hydroxyl groups excluding tert-OH is 1. The van der Waals surface area contributed by atoms with Crippen LogP contribution in [0, 0.1) is 0 Å². The zero-order valence-corrected chi connectivity index (χ0v) is 11.3. The molecule has 2 fully saturated rings. The second-order valence-corrected chi connectivity index (χ2v) is 5.71. The van der Waals surface area contributed by atoms with Gasteiger partial charge in [0.25, 0.3) is 0 Å². The van der Waals surface area contributed by atoms with Crippen molar-refractivity contribution in [2.75, 3.05) is 19.6 Å². The van der Waals surface area contributed by atoms with Crippen LogP contribution in [0.2, 0.25) is 0 Å². The highest BCUT2D eigenvalue weighted by atomic mass is 16.4. The van der Waals surface area contributed by atoms with Crippen molar-refractivity contribution < 1.29 is 19.8 Å². The van der Waals surface area contributed by atoms with Crippen molar-refractivity contribution in [2.45, 2.75) is 50.7 Å². The molecular formula is C13H22N2O4. The number of β-amino-alcohol motifs (C(OH)–C–C–N with tert-alkyl or cyclic N) is 1. The largest absolute Gasteiger partial charge is 0.480 e. The van der Waals surface area contributed by atoms with Crippen LogP contribution < -0.4 is 0 Å². The summed E-state index contributed by atoms with van der Waals surface area (Å²) in [6, 6.07) is -0.247. The number of likely N-dealkylation sites (tertiary alicyclic amines) is 2. The highest BCUT2D eigenvalue weighted by Gasteiger charge is 2.45. The third-order valence-electron chi connectivity index (χ3n) is 4.25. The van der Waals surface area contributed by atoms with Crippen LogP contribution in [0.5, 0.6) is 0 Å². The zero-order chi connectivity index (χ0) is 14.0. The number of aliphatic hydroxyl groups is 1. The molecule has 2 rings (SSSR count). The number of hydrogen-bond donors (Lipinski definition) is 2. The maximum Gasteiger partial charge on any atom is 0.329 e. The van der Waals surface area contributed by atoms with Crippen LogP contribution in [0.1, 0.15) is 39.0 Å². The molecule has 0 saturated carbocycles. The molecule has 2 heterocycles. The van der Waals surface area contributed by atoms with Gasteiger partial charge in [0, 0.05) is 19.6 Å². The van der Waals surface area contributed by atoms with Gasteiger partial charge in [-0.05, 0) is 39.0 Å². The molecule has 2 aliphatic rings. The molecule has 2 atom stereocenters. The molecule has 0 aliphatic carbocycles. The summed E-state index contributed by atoms with van der Waals surface area (Å²) in [6.45, 7) is 3.01. The lowest BCUT2D eigenvalue weighted by molar-refractivity contribution is -0.151.